The molecule has 8 heteroatoms. The van der Waals surface area contributed by atoms with Crippen LogP contribution < -0.4 is 15.4 Å². The van der Waals surface area contributed by atoms with Crippen LogP contribution in [-0.4, -0.2) is 61.1 Å². The van der Waals surface area contributed by atoms with E-state index in [1.807, 2.05) is 0 Å². The van der Waals surface area contributed by atoms with Gasteiger partial charge >= 0.3 is 0 Å². The van der Waals surface area contributed by atoms with E-state index in [-0.39, 0.29) is 12.5 Å². The van der Waals surface area contributed by atoms with E-state index in [2.05, 4.69) is 10.6 Å². The SMILES string of the molecule is CC1(C(=O)NCC(=O)N2CCOCC2)Oc2ccccc2NC1=O. The Kier molecular flexibility index (Phi) is 4.39. The number of ether oxygens (including phenoxy) is 2. The quantitative estimate of drug-likeness (QED) is 0.744. The predicted molar refractivity (Wildman–Crippen MR) is 84.5 cm³/mol. The molecule has 1 fully saturated rings. The number of para-hydroxylation sites is 2. The van der Waals surface area contributed by atoms with E-state index in [1.165, 1.54) is 6.92 Å². The molecule has 0 radical (unpaired) electrons. The highest BCUT2D eigenvalue weighted by molar-refractivity contribution is 6.15. The predicted octanol–water partition coefficient (Wildman–Crippen LogP) is -0.249. The van der Waals surface area contributed by atoms with Gasteiger partial charge in [-0.05, 0) is 19.1 Å². The Morgan fingerprint density at radius 2 is 2.00 bits per heavy atom. The smallest absolute Gasteiger partial charge is 0.278 e. The molecule has 1 aromatic carbocycles. The monoisotopic (exact) mass is 333 g/mol. The Hall–Kier alpha value is -2.61. The molecule has 0 aromatic heterocycles. The summed E-state index contributed by atoms with van der Waals surface area (Å²) in [6.45, 7) is 3.16. The minimum Gasteiger partial charge on any atom is -0.466 e. The topological polar surface area (TPSA) is 97.0 Å². The van der Waals surface area contributed by atoms with Crippen molar-refractivity contribution in [2.75, 3.05) is 38.2 Å². The second-order valence-corrected chi connectivity index (χ2v) is 5.76. The number of anilines is 1. The summed E-state index contributed by atoms with van der Waals surface area (Å²) in [5, 5.41) is 5.14. The highest BCUT2D eigenvalue weighted by atomic mass is 16.5. The van der Waals surface area contributed by atoms with Gasteiger partial charge in [0.05, 0.1) is 25.4 Å². The fourth-order valence-electron chi connectivity index (χ4n) is 2.57. The molecule has 1 saturated heterocycles. The lowest BCUT2D eigenvalue weighted by molar-refractivity contribution is -0.148. The van der Waals surface area contributed by atoms with Crippen LogP contribution in [0, 0.1) is 0 Å². The maximum absolute atomic E-state index is 12.4. The van der Waals surface area contributed by atoms with Crippen molar-refractivity contribution < 1.29 is 23.9 Å². The Balaban J connectivity index is 1.63. The van der Waals surface area contributed by atoms with E-state index >= 15 is 0 Å². The highest BCUT2D eigenvalue weighted by Gasteiger charge is 2.47. The molecule has 0 aliphatic carbocycles. The van der Waals surface area contributed by atoms with Gasteiger partial charge in [-0.3, -0.25) is 14.4 Å². The van der Waals surface area contributed by atoms with E-state index in [1.54, 1.807) is 29.2 Å². The molecule has 2 aliphatic rings. The first-order valence-electron chi connectivity index (χ1n) is 7.74. The number of nitrogens with one attached hydrogen (secondary N) is 2. The molecule has 128 valence electrons. The number of benzene rings is 1. The maximum Gasteiger partial charge on any atom is 0.278 e. The largest absolute Gasteiger partial charge is 0.466 e. The summed E-state index contributed by atoms with van der Waals surface area (Å²) in [4.78, 5) is 38.4. The van der Waals surface area contributed by atoms with Crippen molar-refractivity contribution in [1.82, 2.24) is 10.2 Å². The van der Waals surface area contributed by atoms with E-state index in [0.29, 0.717) is 37.7 Å². The van der Waals surface area contributed by atoms with E-state index in [0.717, 1.165) is 0 Å². The number of nitrogens with zero attached hydrogens (tertiary/aromatic N) is 1. The van der Waals surface area contributed by atoms with Gasteiger partial charge in [-0.2, -0.15) is 0 Å². The standard InChI is InChI=1S/C16H19N3O5/c1-16(15(22)18-11-4-2-3-5-12(11)24-16)14(21)17-10-13(20)19-6-8-23-9-7-19/h2-5H,6-10H2,1H3,(H,17,21)(H,18,22). The van der Waals surface area contributed by atoms with Gasteiger partial charge in [0, 0.05) is 13.1 Å². The number of fused-ring (bicyclic) bond motifs is 1. The summed E-state index contributed by atoms with van der Waals surface area (Å²) in [6.07, 6.45) is 0. The Morgan fingerprint density at radius 3 is 2.75 bits per heavy atom. The van der Waals surface area contributed by atoms with Crippen LogP contribution >= 0.6 is 0 Å². The molecule has 0 spiro atoms. The molecule has 1 aromatic rings. The summed E-state index contributed by atoms with van der Waals surface area (Å²) in [7, 11) is 0. The Bertz CT molecular complexity index is 671. The summed E-state index contributed by atoms with van der Waals surface area (Å²) in [6, 6.07) is 6.86. The zero-order valence-electron chi connectivity index (χ0n) is 13.3. The van der Waals surface area contributed by atoms with Crippen molar-refractivity contribution in [2.45, 2.75) is 12.5 Å². The van der Waals surface area contributed by atoms with Crippen LogP contribution in [0.1, 0.15) is 6.92 Å². The number of hydrogen-bond acceptors (Lipinski definition) is 5. The molecule has 0 saturated carbocycles. The van der Waals surface area contributed by atoms with Crippen molar-refractivity contribution in [3.05, 3.63) is 24.3 Å². The average Bonchev–Trinajstić information content (AvgIpc) is 2.61. The second-order valence-electron chi connectivity index (χ2n) is 5.76. The third-order valence-electron chi connectivity index (χ3n) is 4.08. The lowest BCUT2D eigenvalue weighted by Crippen LogP contribution is -2.60. The summed E-state index contributed by atoms with van der Waals surface area (Å²) in [5.74, 6) is -1.03. The van der Waals surface area contributed by atoms with Gasteiger partial charge in [0.1, 0.15) is 5.75 Å². The summed E-state index contributed by atoms with van der Waals surface area (Å²) >= 11 is 0. The van der Waals surface area contributed by atoms with Gasteiger partial charge in [-0.15, -0.1) is 0 Å². The third kappa shape index (κ3) is 3.05. The van der Waals surface area contributed by atoms with Crippen molar-refractivity contribution in [2.24, 2.45) is 0 Å². The van der Waals surface area contributed by atoms with Gasteiger partial charge in [0.15, 0.2) is 0 Å². The second kappa shape index (κ2) is 6.48. The minimum absolute atomic E-state index is 0.188. The first kappa shape index (κ1) is 16.3. The maximum atomic E-state index is 12.4. The molecule has 8 nitrogen and oxygen atoms in total. The molecular weight excluding hydrogens is 314 g/mol. The molecule has 2 aliphatic heterocycles. The first-order chi connectivity index (χ1) is 11.5. The van der Waals surface area contributed by atoms with Crippen molar-refractivity contribution in [1.29, 1.82) is 0 Å². The molecule has 2 N–H and O–H groups in total. The number of hydrogen-bond donors (Lipinski definition) is 2. The molecule has 0 bridgehead atoms. The normalized spacial score (nSPS) is 22.9. The van der Waals surface area contributed by atoms with Gasteiger partial charge in [-0.25, -0.2) is 0 Å². The summed E-state index contributed by atoms with van der Waals surface area (Å²) < 4.78 is 10.8. The van der Waals surface area contributed by atoms with Crippen LogP contribution in [0.5, 0.6) is 5.75 Å². The van der Waals surface area contributed by atoms with Crippen LogP contribution in [0.3, 0.4) is 0 Å². The molecular formula is C16H19N3O5. The fraction of sp³-hybridized carbons (Fsp3) is 0.438. The average molecular weight is 333 g/mol. The third-order valence-corrected chi connectivity index (χ3v) is 4.08. The van der Waals surface area contributed by atoms with Crippen LogP contribution in [0.4, 0.5) is 5.69 Å². The molecule has 3 rings (SSSR count). The van der Waals surface area contributed by atoms with Gasteiger partial charge in [-0.1, -0.05) is 12.1 Å². The Labute approximate surface area is 139 Å². The highest BCUT2D eigenvalue weighted by Crippen LogP contribution is 2.33. The van der Waals surface area contributed by atoms with Gasteiger partial charge in [0.2, 0.25) is 5.91 Å². The van der Waals surface area contributed by atoms with Crippen LogP contribution in [-0.2, 0) is 19.1 Å². The molecule has 24 heavy (non-hydrogen) atoms. The number of morpholine rings is 1. The van der Waals surface area contributed by atoms with Crippen molar-refractivity contribution in [3.63, 3.8) is 0 Å². The number of carbonyl (C=O) groups is 3. The van der Waals surface area contributed by atoms with Crippen LogP contribution in [0.15, 0.2) is 24.3 Å². The molecule has 3 amide bonds. The lowest BCUT2D eigenvalue weighted by atomic mass is 10.0. The number of carbonyl (C=O) groups excluding carboxylic acids is 3. The minimum atomic E-state index is -1.72. The molecule has 1 atom stereocenters. The summed E-state index contributed by atoms with van der Waals surface area (Å²) in [5.41, 5.74) is -1.21. The number of rotatable bonds is 3. The van der Waals surface area contributed by atoms with E-state index in [4.69, 9.17) is 9.47 Å². The first-order valence-corrected chi connectivity index (χ1v) is 7.74. The zero-order chi connectivity index (χ0) is 17.2. The van der Waals surface area contributed by atoms with Crippen LogP contribution in [0.25, 0.3) is 0 Å². The molecule has 2 heterocycles. The van der Waals surface area contributed by atoms with E-state index in [9.17, 15) is 14.4 Å². The lowest BCUT2D eigenvalue weighted by Gasteiger charge is -2.33. The van der Waals surface area contributed by atoms with Crippen molar-refractivity contribution >= 4 is 23.4 Å². The molecule has 1 unspecified atom stereocenters. The van der Waals surface area contributed by atoms with Crippen LogP contribution in [0.2, 0.25) is 0 Å². The van der Waals surface area contributed by atoms with Gasteiger partial charge in [0.25, 0.3) is 17.4 Å². The zero-order valence-corrected chi connectivity index (χ0v) is 13.3. The van der Waals surface area contributed by atoms with E-state index < -0.39 is 17.4 Å². The fourth-order valence-corrected chi connectivity index (χ4v) is 2.57. The van der Waals surface area contributed by atoms with Crippen molar-refractivity contribution in [3.8, 4) is 5.75 Å². The number of amides is 3. The Morgan fingerprint density at radius 1 is 1.29 bits per heavy atom. The van der Waals surface area contributed by atoms with Gasteiger partial charge < -0.3 is 25.0 Å².